The zero-order valence-corrected chi connectivity index (χ0v) is 17.2. The third kappa shape index (κ3) is 6.30. The average Bonchev–Trinajstić information content (AvgIpc) is 2.91. The first kappa shape index (κ1) is 20.7. The molecule has 1 aromatic rings. The first-order chi connectivity index (χ1) is 11.1. The highest BCUT2D eigenvalue weighted by molar-refractivity contribution is 14.0. The molecule has 1 saturated heterocycles. The van der Waals surface area contributed by atoms with Gasteiger partial charge in [0.05, 0.1) is 6.54 Å². The summed E-state index contributed by atoms with van der Waals surface area (Å²) in [5, 5.41) is 6.58. The number of amides is 1. The minimum Gasteiger partial charge on any atom is -0.357 e. The van der Waals surface area contributed by atoms with Crippen molar-refractivity contribution in [1.29, 1.82) is 0 Å². The summed E-state index contributed by atoms with van der Waals surface area (Å²) >= 11 is 0. The summed E-state index contributed by atoms with van der Waals surface area (Å²) in [6.07, 6.45) is 1.66. The van der Waals surface area contributed by atoms with E-state index in [1.807, 2.05) is 17.0 Å². The Bertz CT molecular complexity index is 560. The van der Waals surface area contributed by atoms with E-state index in [-0.39, 0.29) is 29.9 Å². The monoisotopic (exact) mass is 444 g/mol. The summed E-state index contributed by atoms with van der Waals surface area (Å²) < 4.78 is 0. The van der Waals surface area contributed by atoms with Gasteiger partial charge < -0.3 is 15.5 Å². The number of hydrogen-bond acceptors (Lipinski definition) is 2. The Morgan fingerprint density at radius 1 is 1.29 bits per heavy atom. The molecule has 6 heteroatoms. The van der Waals surface area contributed by atoms with Crippen LogP contribution in [0, 0.1) is 0 Å². The van der Waals surface area contributed by atoms with Crippen LogP contribution in [0.15, 0.2) is 29.3 Å². The standard InChI is InChI=1S/C18H28N4O.HI/c1-4-19-18(21-14(2)3)20-12-15-8-5-6-9-16(15)13-22-11-7-10-17(22)23;/h5-6,8-9,14H,4,7,10-13H2,1-3H3,(H2,19,20,21);1H. The van der Waals surface area contributed by atoms with Crippen LogP contribution in [0.25, 0.3) is 0 Å². The van der Waals surface area contributed by atoms with Crippen LogP contribution in [0.1, 0.15) is 44.7 Å². The van der Waals surface area contributed by atoms with Gasteiger partial charge in [0.25, 0.3) is 0 Å². The van der Waals surface area contributed by atoms with Gasteiger partial charge in [-0.15, -0.1) is 24.0 Å². The SMILES string of the molecule is CCNC(=NCc1ccccc1CN1CCCC1=O)NC(C)C.I. The number of likely N-dealkylation sites (tertiary alicyclic amines) is 1. The molecule has 0 spiro atoms. The molecule has 0 bridgehead atoms. The maximum Gasteiger partial charge on any atom is 0.222 e. The molecule has 1 aromatic carbocycles. The van der Waals surface area contributed by atoms with Crippen molar-refractivity contribution in [2.75, 3.05) is 13.1 Å². The predicted molar refractivity (Wildman–Crippen MR) is 110 cm³/mol. The average molecular weight is 444 g/mol. The smallest absolute Gasteiger partial charge is 0.222 e. The van der Waals surface area contributed by atoms with E-state index in [4.69, 9.17) is 0 Å². The molecule has 1 aliphatic heterocycles. The van der Waals surface area contributed by atoms with Crippen molar-refractivity contribution < 1.29 is 4.79 Å². The Morgan fingerprint density at radius 2 is 2.00 bits per heavy atom. The van der Waals surface area contributed by atoms with E-state index in [2.05, 4.69) is 48.5 Å². The molecule has 134 valence electrons. The summed E-state index contributed by atoms with van der Waals surface area (Å²) in [7, 11) is 0. The molecule has 5 nitrogen and oxygen atoms in total. The molecule has 1 aliphatic rings. The Hall–Kier alpha value is -1.31. The van der Waals surface area contributed by atoms with E-state index in [1.54, 1.807) is 0 Å². The molecule has 1 fully saturated rings. The summed E-state index contributed by atoms with van der Waals surface area (Å²) in [5.41, 5.74) is 2.36. The number of guanidine groups is 1. The van der Waals surface area contributed by atoms with E-state index in [0.717, 1.165) is 25.5 Å². The van der Waals surface area contributed by atoms with Gasteiger partial charge in [-0.25, -0.2) is 4.99 Å². The first-order valence-corrected chi connectivity index (χ1v) is 8.49. The normalized spacial score (nSPS) is 14.8. The van der Waals surface area contributed by atoms with Crippen LogP contribution < -0.4 is 10.6 Å². The highest BCUT2D eigenvalue weighted by Crippen LogP contribution is 2.17. The molecule has 0 atom stereocenters. The molecule has 1 heterocycles. The van der Waals surface area contributed by atoms with Crippen LogP contribution in [-0.2, 0) is 17.9 Å². The molecule has 2 rings (SSSR count). The molecule has 0 aliphatic carbocycles. The lowest BCUT2D eigenvalue weighted by Crippen LogP contribution is -2.41. The molecular formula is C18H29IN4O. The van der Waals surface area contributed by atoms with Gasteiger partial charge in [0.15, 0.2) is 5.96 Å². The van der Waals surface area contributed by atoms with Crippen molar-refractivity contribution in [3.8, 4) is 0 Å². The van der Waals surface area contributed by atoms with E-state index >= 15 is 0 Å². The van der Waals surface area contributed by atoms with E-state index in [1.165, 1.54) is 11.1 Å². The van der Waals surface area contributed by atoms with Gasteiger partial charge in [-0.3, -0.25) is 4.79 Å². The maximum absolute atomic E-state index is 11.8. The van der Waals surface area contributed by atoms with Crippen LogP contribution in [0.2, 0.25) is 0 Å². The van der Waals surface area contributed by atoms with Crippen molar-refractivity contribution in [3.63, 3.8) is 0 Å². The Labute approximate surface area is 162 Å². The van der Waals surface area contributed by atoms with Crippen molar-refractivity contribution in [2.45, 2.75) is 52.7 Å². The van der Waals surface area contributed by atoms with E-state index in [0.29, 0.717) is 25.6 Å². The third-order valence-electron chi connectivity index (χ3n) is 3.83. The fourth-order valence-corrected chi connectivity index (χ4v) is 2.70. The molecule has 0 radical (unpaired) electrons. The van der Waals surface area contributed by atoms with Crippen LogP contribution in [0.4, 0.5) is 0 Å². The summed E-state index contributed by atoms with van der Waals surface area (Å²) in [4.78, 5) is 18.5. The van der Waals surface area contributed by atoms with E-state index < -0.39 is 0 Å². The fraction of sp³-hybridized carbons (Fsp3) is 0.556. The number of benzene rings is 1. The lowest BCUT2D eigenvalue weighted by molar-refractivity contribution is -0.128. The fourth-order valence-electron chi connectivity index (χ4n) is 2.70. The lowest BCUT2D eigenvalue weighted by Gasteiger charge is -2.18. The summed E-state index contributed by atoms with van der Waals surface area (Å²) in [6, 6.07) is 8.59. The van der Waals surface area contributed by atoms with Gasteiger partial charge in [0, 0.05) is 32.1 Å². The van der Waals surface area contributed by atoms with Crippen LogP contribution in [0.5, 0.6) is 0 Å². The molecule has 1 amide bonds. The second-order valence-electron chi connectivity index (χ2n) is 6.18. The summed E-state index contributed by atoms with van der Waals surface area (Å²) in [6.45, 7) is 9.26. The van der Waals surface area contributed by atoms with Crippen LogP contribution in [-0.4, -0.2) is 35.9 Å². The highest BCUT2D eigenvalue weighted by Gasteiger charge is 2.20. The molecule has 0 unspecified atom stereocenters. The second kappa shape index (κ2) is 10.5. The molecule has 2 N–H and O–H groups in total. The summed E-state index contributed by atoms with van der Waals surface area (Å²) in [5.74, 6) is 1.09. The Morgan fingerprint density at radius 3 is 2.58 bits per heavy atom. The number of hydrogen-bond donors (Lipinski definition) is 2. The number of halogens is 1. The number of aliphatic imine (C=N–C) groups is 1. The van der Waals surface area contributed by atoms with Gasteiger partial charge in [-0.2, -0.15) is 0 Å². The minimum absolute atomic E-state index is 0. The second-order valence-corrected chi connectivity index (χ2v) is 6.18. The van der Waals surface area contributed by atoms with Gasteiger partial charge in [0.2, 0.25) is 5.91 Å². The zero-order chi connectivity index (χ0) is 16.7. The molecule has 0 saturated carbocycles. The largest absolute Gasteiger partial charge is 0.357 e. The van der Waals surface area contributed by atoms with Crippen molar-refractivity contribution >= 4 is 35.8 Å². The van der Waals surface area contributed by atoms with Crippen molar-refractivity contribution in [3.05, 3.63) is 35.4 Å². The number of carbonyl (C=O) groups is 1. The highest BCUT2D eigenvalue weighted by atomic mass is 127. The number of nitrogens with one attached hydrogen (secondary N) is 2. The van der Waals surface area contributed by atoms with E-state index in [9.17, 15) is 4.79 Å². The van der Waals surface area contributed by atoms with Gasteiger partial charge in [-0.05, 0) is 38.3 Å². The minimum atomic E-state index is 0. The first-order valence-electron chi connectivity index (χ1n) is 8.49. The number of rotatable bonds is 6. The maximum atomic E-state index is 11.8. The van der Waals surface area contributed by atoms with Crippen molar-refractivity contribution in [1.82, 2.24) is 15.5 Å². The number of carbonyl (C=O) groups excluding carboxylic acids is 1. The lowest BCUT2D eigenvalue weighted by atomic mass is 10.1. The molecular weight excluding hydrogens is 415 g/mol. The molecule has 24 heavy (non-hydrogen) atoms. The molecule has 0 aromatic heterocycles. The van der Waals surface area contributed by atoms with Gasteiger partial charge in [0.1, 0.15) is 0 Å². The van der Waals surface area contributed by atoms with Gasteiger partial charge in [-0.1, -0.05) is 24.3 Å². The van der Waals surface area contributed by atoms with Crippen molar-refractivity contribution in [2.24, 2.45) is 4.99 Å². The topological polar surface area (TPSA) is 56.7 Å². The quantitative estimate of drug-likeness (QED) is 0.403. The zero-order valence-electron chi connectivity index (χ0n) is 14.8. The van der Waals surface area contributed by atoms with Crippen LogP contribution in [0.3, 0.4) is 0 Å². The third-order valence-corrected chi connectivity index (χ3v) is 3.83. The predicted octanol–water partition coefficient (Wildman–Crippen LogP) is 2.89. The van der Waals surface area contributed by atoms with Crippen LogP contribution >= 0.6 is 24.0 Å². The van der Waals surface area contributed by atoms with Gasteiger partial charge >= 0.3 is 0 Å². The Balaban J connectivity index is 0.00000288. The Kier molecular flexibility index (Phi) is 9.10. The number of nitrogens with zero attached hydrogens (tertiary/aromatic N) is 2.